The molecule has 3 rings (SSSR count). The summed E-state index contributed by atoms with van der Waals surface area (Å²) in [5.41, 5.74) is 0.768. The van der Waals surface area contributed by atoms with E-state index >= 15 is 0 Å². The zero-order valence-corrected chi connectivity index (χ0v) is 21.3. The van der Waals surface area contributed by atoms with Crippen molar-refractivity contribution in [2.45, 2.75) is 25.0 Å². The second-order valence-corrected chi connectivity index (χ2v) is 9.91. The maximum atomic E-state index is 12.7. The molecule has 2 amide bonds. The lowest BCUT2D eigenvalue weighted by Gasteiger charge is -2.20. The van der Waals surface area contributed by atoms with Crippen molar-refractivity contribution in [1.82, 2.24) is 20.5 Å². The molecule has 12 heteroatoms. The van der Waals surface area contributed by atoms with Gasteiger partial charge in [0, 0.05) is 10.0 Å². The molecule has 0 fully saturated rings. The molecule has 7 nitrogen and oxygen atoms in total. The molecule has 0 aliphatic carbocycles. The minimum absolute atomic E-state index is 0.00108. The molecule has 174 valence electrons. The number of hydrogen-bond acceptors (Lipinski definition) is 5. The summed E-state index contributed by atoms with van der Waals surface area (Å²) in [6.45, 7) is 3.88. The summed E-state index contributed by atoms with van der Waals surface area (Å²) in [5, 5.41) is 14.5. The number of rotatable bonds is 8. The number of nitrogens with one attached hydrogen (secondary N) is 3. The molecule has 3 N–H and O–H groups in total. The van der Waals surface area contributed by atoms with Gasteiger partial charge in [-0.15, -0.1) is 5.10 Å². The Bertz CT molecular complexity index is 1170. The number of H-pyrrole nitrogens is 1. The van der Waals surface area contributed by atoms with Crippen LogP contribution in [0.25, 0.3) is 0 Å². The van der Waals surface area contributed by atoms with Gasteiger partial charge in [-0.1, -0.05) is 72.0 Å². The third-order valence-corrected chi connectivity index (χ3v) is 6.39. The third kappa shape index (κ3) is 7.01. The van der Waals surface area contributed by atoms with Crippen LogP contribution in [0, 0.1) is 5.92 Å². The Morgan fingerprint density at radius 1 is 1.03 bits per heavy atom. The summed E-state index contributed by atoms with van der Waals surface area (Å²) in [5.74, 6) is -0.106. The van der Waals surface area contributed by atoms with Crippen LogP contribution in [-0.4, -0.2) is 32.7 Å². The highest BCUT2D eigenvalue weighted by molar-refractivity contribution is 7.99. The fourth-order valence-electron chi connectivity index (χ4n) is 2.81. The topological polar surface area (TPSA) is 99.8 Å². The van der Waals surface area contributed by atoms with Gasteiger partial charge < -0.3 is 10.6 Å². The Kier molecular flexibility index (Phi) is 8.89. The van der Waals surface area contributed by atoms with Crippen LogP contribution in [0.3, 0.4) is 0 Å². The summed E-state index contributed by atoms with van der Waals surface area (Å²) >= 11 is 25.1. The van der Waals surface area contributed by atoms with Gasteiger partial charge >= 0.3 is 0 Å². The van der Waals surface area contributed by atoms with Gasteiger partial charge in [0.25, 0.3) is 5.91 Å². The molecule has 0 radical (unpaired) electrons. The van der Waals surface area contributed by atoms with Crippen LogP contribution in [0.1, 0.15) is 36.1 Å². The van der Waals surface area contributed by atoms with Crippen LogP contribution in [0.4, 0.5) is 5.69 Å². The van der Waals surface area contributed by atoms with Crippen LogP contribution in [0.5, 0.6) is 0 Å². The van der Waals surface area contributed by atoms with Crippen LogP contribution >= 0.6 is 58.2 Å². The Hall–Kier alpha value is -1.97. The summed E-state index contributed by atoms with van der Waals surface area (Å²) in [6, 6.07) is 9.02. The minimum Gasteiger partial charge on any atom is -0.342 e. The molecule has 0 aliphatic heterocycles. The maximum absolute atomic E-state index is 12.7. The lowest BCUT2D eigenvalue weighted by Crippen LogP contribution is -2.32. The van der Waals surface area contributed by atoms with E-state index in [4.69, 9.17) is 46.4 Å². The quantitative estimate of drug-likeness (QED) is 0.289. The van der Waals surface area contributed by atoms with Crippen molar-refractivity contribution < 1.29 is 9.59 Å². The summed E-state index contributed by atoms with van der Waals surface area (Å²) < 4.78 is 0. The number of amides is 2. The molecule has 1 heterocycles. The highest BCUT2D eigenvalue weighted by atomic mass is 35.5. The number of halogens is 4. The minimum atomic E-state index is -0.451. The fourth-order valence-corrected chi connectivity index (χ4v) is 4.37. The Morgan fingerprint density at radius 2 is 1.70 bits per heavy atom. The average molecular weight is 547 g/mol. The smallest absolute Gasteiger partial charge is 0.253 e. The van der Waals surface area contributed by atoms with Crippen molar-refractivity contribution in [3.8, 4) is 0 Å². The van der Waals surface area contributed by atoms with Crippen LogP contribution in [0.2, 0.25) is 20.1 Å². The SMILES string of the molecule is CC(C)[C@H](NC(=O)c1ccc(Cl)cc1Cl)c1nc(SCC(=O)Nc2ccc(Cl)cc2Cl)n[nH]1. The van der Waals surface area contributed by atoms with E-state index < -0.39 is 6.04 Å². The number of thioether (sulfide) groups is 1. The number of anilines is 1. The van der Waals surface area contributed by atoms with E-state index in [0.29, 0.717) is 37.3 Å². The van der Waals surface area contributed by atoms with Gasteiger partial charge in [-0.3, -0.25) is 14.7 Å². The normalized spacial score (nSPS) is 12.0. The molecule has 0 bridgehead atoms. The Balaban J connectivity index is 1.62. The molecule has 0 unspecified atom stereocenters. The monoisotopic (exact) mass is 545 g/mol. The van der Waals surface area contributed by atoms with E-state index in [1.165, 1.54) is 6.07 Å². The Labute approximate surface area is 214 Å². The lowest BCUT2D eigenvalue weighted by atomic mass is 10.0. The molecule has 2 aromatic carbocycles. The highest BCUT2D eigenvalue weighted by Gasteiger charge is 2.24. The number of aromatic amines is 1. The van der Waals surface area contributed by atoms with Crippen molar-refractivity contribution in [1.29, 1.82) is 0 Å². The van der Waals surface area contributed by atoms with Gasteiger partial charge in [0.1, 0.15) is 5.82 Å². The number of carbonyl (C=O) groups is 2. The molecule has 0 aliphatic rings. The zero-order valence-electron chi connectivity index (χ0n) is 17.5. The molecular formula is C21H19Cl4N5O2S. The van der Waals surface area contributed by atoms with Crippen molar-refractivity contribution in [2.75, 3.05) is 11.1 Å². The van der Waals surface area contributed by atoms with Crippen LogP contribution in [0.15, 0.2) is 41.6 Å². The molecular weight excluding hydrogens is 528 g/mol. The fraction of sp³-hybridized carbons (Fsp3) is 0.238. The van der Waals surface area contributed by atoms with Gasteiger partial charge in [-0.2, -0.15) is 0 Å². The average Bonchev–Trinajstić information content (AvgIpc) is 3.21. The number of hydrogen-bond donors (Lipinski definition) is 3. The first kappa shape index (κ1) is 25.6. The van der Waals surface area contributed by atoms with Gasteiger partial charge in [-0.25, -0.2) is 4.98 Å². The van der Waals surface area contributed by atoms with E-state index in [1.807, 2.05) is 13.8 Å². The van der Waals surface area contributed by atoms with Crippen molar-refractivity contribution in [3.05, 3.63) is 67.9 Å². The number of benzene rings is 2. The molecule has 33 heavy (non-hydrogen) atoms. The molecule has 0 saturated heterocycles. The maximum Gasteiger partial charge on any atom is 0.253 e. The predicted molar refractivity (Wildman–Crippen MR) is 134 cm³/mol. The van der Waals surface area contributed by atoms with Gasteiger partial charge in [0.15, 0.2) is 0 Å². The van der Waals surface area contributed by atoms with E-state index in [0.717, 1.165) is 11.8 Å². The van der Waals surface area contributed by atoms with Crippen LogP contribution < -0.4 is 10.6 Å². The molecule has 1 aromatic heterocycles. The second-order valence-electron chi connectivity index (χ2n) is 7.28. The van der Waals surface area contributed by atoms with Crippen molar-refractivity contribution in [2.24, 2.45) is 5.92 Å². The summed E-state index contributed by atoms with van der Waals surface area (Å²) in [7, 11) is 0. The van der Waals surface area contributed by atoms with Crippen molar-refractivity contribution in [3.63, 3.8) is 0 Å². The second kappa shape index (κ2) is 11.4. The van der Waals surface area contributed by atoms with Gasteiger partial charge in [0.2, 0.25) is 11.1 Å². The molecule has 0 spiro atoms. The number of carbonyl (C=O) groups excluding carboxylic acids is 2. The lowest BCUT2D eigenvalue weighted by molar-refractivity contribution is -0.113. The van der Waals surface area contributed by atoms with E-state index in [1.54, 1.807) is 30.3 Å². The van der Waals surface area contributed by atoms with E-state index in [9.17, 15) is 9.59 Å². The Morgan fingerprint density at radius 3 is 2.33 bits per heavy atom. The predicted octanol–water partition coefficient (Wildman–Crippen LogP) is 6.28. The van der Waals surface area contributed by atoms with Crippen LogP contribution in [-0.2, 0) is 4.79 Å². The number of aromatic nitrogens is 3. The molecule has 1 atom stereocenters. The highest BCUT2D eigenvalue weighted by Crippen LogP contribution is 2.27. The van der Waals surface area contributed by atoms with E-state index in [2.05, 4.69) is 25.8 Å². The summed E-state index contributed by atoms with van der Waals surface area (Å²) in [4.78, 5) is 29.4. The van der Waals surface area contributed by atoms with E-state index in [-0.39, 0.29) is 28.5 Å². The molecule has 3 aromatic rings. The first-order chi connectivity index (χ1) is 15.6. The summed E-state index contributed by atoms with van der Waals surface area (Å²) in [6.07, 6.45) is 0. The largest absolute Gasteiger partial charge is 0.342 e. The number of nitrogens with zero attached hydrogens (tertiary/aromatic N) is 2. The zero-order chi connectivity index (χ0) is 24.1. The first-order valence-electron chi connectivity index (χ1n) is 9.70. The first-order valence-corrected chi connectivity index (χ1v) is 12.2. The van der Waals surface area contributed by atoms with Crippen molar-refractivity contribution >= 4 is 75.7 Å². The third-order valence-electron chi connectivity index (χ3n) is 4.44. The van der Waals surface area contributed by atoms with Gasteiger partial charge in [-0.05, 0) is 42.3 Å². The standard InChI is InChI=1S/C21H19Cl4N5O2S/c1-10(2)18(27-20(32)13-5-3-11(22)7-14(13)24)19-28-21(30-29-19)33-9-17(31)26-16-6-4-12(23)8-15(16)25/h3-8,10,18H,9H2,1-2H3,(H,26,31)(H,27,32)(H,28,29,30)/t18-/m0/s1. The molecule has 0 saturated carbocycles. The van der Waals surface area contributed by atoms with Gasteiger partial charge in [0.05, 0.1) is 33.1 Å².